The molecule has 0 aliphatic carbocycles. The first-order valence-electron chi connectivity index (χ1n) is 9.33. The van der Waals surface area contributed by atoms with Gasteiger partial charge in [0.25, 0.3) is 0 Å². The van der Waals surface area contributed by atoms with Gasteiger partial charge in [0, 0.05) is 37.8 Å². The number of rotatable bonds is 4. The molecule has 1 aromatic heterocycles. The second kappa shape index (κ2) is 9.39. The zero-order valence-electron chi connectivity index (χ0n) is 15.3. The molecule has 0 saturated carbocycles. The van der Waals surface area contributed by atoms with E-state index in [0.717, 1.165) is 49.8 Å². The number of pyridine rings is 1. The van der Waals surface area contributed by atoms with E-state index in [1.165, 1.54) is 12.8 Å². The minimum absolute atomic E-state index is 0. The van der Waals surface area contributed by atoms with E-state index in [-0.39, 0.29) is 24.2 Å². The van der Waals surface area contributed by atoms with Gasteiger partial charge in [-0.15, -0.1) is 12.4 Å². The molecule has 2 aliphatic heterocycles. The number of carbonyl (C=O) groups excluding carboxylic acids is 1. The third-order valence-electron chi connectivity index (χ3n) is 5.38. The molecule has 0 bridgehead atoms. The first kappa shape index (κ1) is 20.0. The Kier molecular flexibility index (Phi) is 7.51. The molecule has 0 aromatic carbocycles. The number of halogens is 1. The van der Waals surface area contributed by atoms with Crippen LogP contribution in [0.25, 0.3) is 0 Å². The summed E-state index contributed by atoms with van der Waals surface area (Å²) in [5.41, 5.74) is 1.07. The maximum Gasteiger partial charge on any atom is 0.223 e. The number of nitrogens with zero attached hydrogens (tertiary/aromatic N) is 2. The van der Waals surface area contributed by atoms with Crippen molar-refractivity contribution in [2.24, 2.45) is 11.8 Å². The molecule has 3 rings (SSSR count). The number of piperidine rings is 2. The largest absolute Gasteiger partial charge is 0.357 e. The van der Waals surface area contributed by atoms with Crippen LogP contribution in [0.4, 0.5) is 5.82 Å². The lowest BCUT2D eigenvalue weighted by Crippen LogP contribution is -2.42. The predicted molar refractivity (Wildman–Crippen MR) is 104 cm³/mol. The van der Waals surface area contributed by atoms with Gasteiger partial charge in [-0.3, -0.25) is 4.79 Å². The zero-order valence-corrected chi connectivity index (χ0v) is 16.1. The number of amides is 1. The molecule has 0 radical (unpaired) electrons. The van der Waals surface area contributed by atoms with Crippen molar-refractivity contribution in [1.82, 2.24) is 15.6 Å². The van der Waals surface area contributed by atoms with Crippen LogP contribution in [-0.2, 0) is 11.3 Å². The molecule has 2 saturated heterocycles. The van der Waals surface area contributed by atoms with E-state index in [4.69, 9.17) is 0 Å². The van der Waals surface area contributed by atoms with E-state index < -0.39 is 0 Å². The molecule has 1 amide bonds. The molecular weight excluding hydrogens is 336 g/mol. The van der Waals surface area contributed by atoms with Gasteiger partial charge in [-0.1, -0.05) is 13.0 Å². The normalized spacial score (nSPS) is 24.5. The third-order valence-corrected chi connectivity index (χ3v) is 5.38. The van der Waals surface area contributed by atoms with E-state index in [9.17, 15) is 4.79 Å². The molecule has 6 heteroatoms. The lowest BCUT2D eigenvalue weighted by molar-refractivity contribution is -0.126. The Balaban J connectivity index is 0.00000225. The van der Waals surface area contributed by atoms with Crippen LogP contribution in [0.2, 0.25) is 0 Å². The van der Waals surface area contributed by atoms with Gasteiger partial charge >= 0.3 is 0 Å². The molecule has 0 spiro atoms. The molecule has 5 nitrogen and oxygen atoms in total. The zero-order chi connectivity index (χ0) is 16.9. The van der Waals surface area contributed by atoms with Crippen LogP contribution < -0.4 is 15.5 Å². The summed E-state index contributed by atoms with van der Waals surface area (Å²) < 4.78 is 0. The van der Waals surface area contributed by atoms with Gasteiger partial charge in [0.05, 0.1) is 0 Å². The summed E-state index contributed by atoms with van der Waals surface area (Å²) in [4.78, 5) is 19.2. The first-order chi connectivity index (χ1) is 11.6. The highest BCUT2D eigenvalue weighted by molar-refractivity contribution is 5.85. The maximum atomic E-state index is 12.3. The summed E-state index contributed by atoms with van der Waals surface area (Å²) in [5.74, 6) is 2.21. The summed E-state index contributed by atoms with van der Waals surface area (Å²) in [6.07, 6.45) is 6.25. The Labute approximate surface area is 157 Å². The van der Waals surface area contributed by atoms with E-state index in [2.05, 4.69) is 46.5 Å². The van der Waals surface area contributed by atoms with Gasteiger partial charge in [0.2, 0.25) is 5.91 Å². The van der Waals surface area contributed by atoms with Crippen LogP contribution in [-0.4, -0.2) is 36.6 Å². The molecule has 25 heavy (non-hydrogen) atoms. The fourth-order valence-electron chi connectivity index (χ4n) is 3.65. The number of carbonyl (C=O) groups is 1. The lowest BCUT2D eigenvalue weighted by Gasteiger charge is -2.31. The molecule has 2 N–H and O–H groups in total. The number of hydrogen-bond acceptors (Lipinski definition) is 4. The van der Waals surface area contributed by atoms with Gasteiger partial charge in [-0.25, -0.2) is 4.98 Å². The minimum Gasteiger partial charge on any atom is -0.357 e. The fourth-order valence-corrected chi connectivity index (χ4v) is 3.65. The van der Waals surface area contributed by atoms with E-state index in [1.54, 1.807) is 0 Å². The molecule has 140 valence electrons. The van der Waals surface area contributed by atoms with Gasteiger partial charge in [0.15, 0.2) is 0 Å². The first-order valence-corrected chi connectivity index (χ1v) is 9.33. The molecule has 2 atom stereocenters. The number of anilines is 1. The molecule has 2 aliphatic rings. The van der Waals surface area contributed by atoms with Crippen LogP contribution in [0.3, 0.4) is 0 Å². The van der Waals surface area contributed by atoms with Gasteiger partial charge < -0.3 is 15.5 Å². The topological polar surface area (TPSA) is 57.3 Å². The maximum absolute atomic E-state index is 12.3. The Bertz CT molecular complexity index is 543. The van der Waals surface area contributed by atoms with Crippen LogP contribution >= 0.6 is 12.4 Å². The monoisotopic (exact) mass is 366 g/mol. The van der Waals surface area contributed by atoms with Gasteiger partial charge in [0.1, 0.15) is 5.82 Å². The quantitative estimate of drug-likeness (QED) is 0.860. The number of hydrogen-bond donors (Lipinski definition) is 2. The molecule has 1 aromatic rings. The average molecular weight is 367 g/mol. The van der Waals surface area contributed by atoms with Crippen molar-refractivity contribution >= 4 is 24.1 Å². The average Bonchev–Trinajstić information content (AvgIpc) is 2.61. The smallest absolute Gasteiger partial charge is 0.223 e. The summed E-state index contributed by atoms with van der Waals surface area (Å²) in [6, 6.07) is 4.61. The predicted octanol–water partition coefficient (Wildman–Crippen LogP) is 2.74. The van der Waals surface area contributed by atoms with Crippen molar-refractivity contribution < 1.29 is 4.79 Å². The fraction of sp³-hybridized carbons (Fsp3) is 0.684. The summed E-state index contributed by atoms with van der Waals surface area (Å²) in [5, 5.41) is 6.46. The molecule has 3 heterocycles. The third kappa shape index (κ3) is 5.58. The van der Waals surface area contributed by atoms with Gasteiger partial charge in [-0.2, -0.15) is 0 Å². The Morgan fingerprint density at radius 3 is 2.68 bits per heavy atom. The van der Waals surface area contributed by atoms with E-state index in [0.29, 0.717) is 12.6 Å². The van der Waals surface area contributed by atoms with E-state index in [1.807, 2.05) is 6.20 Å². The second-order valence-corrected chi connectivity index (χ2v) is 7.49. The van der Waals surface area contributed by atoms with Crippen LogP contribution in [0.1, 0.15) is 45.1 Å². The summed E-state index contributed by atoms with van der Waals surface area (Å²) >= 11 is 0. The Morgan fingerprint density at radius 2 is 2.04 bits per heavy atom. The van der Waals surface area contributed by atoms with Crippen LogP contribution in [0, 0.1) is 11.8 Å². The number of nitrogens with one attached hydrogen (secondary N) is 2. The van der Waals surface area contributed by atoms with Crippen LogP contribution in [0.15, 0.2) is 18.3 Å². The lowest BCUT2D eigenvalue weighted by atomic mass is 9.92. The van der Waals surface area contributed by atoms with Crippen LogP contribution in [0.5, 0.6) is 0 Å². The standard InChI is InChI=1S/C19H30N4O.ClH/c1-14-6-9-23(10-7-14)18-4-3-16(12-21-18)13-22-19(24)17-5-8-20-15(2)11-17;/h3-4,12,14-15,17,20H,5-11,13H2,1-2H3,(H,22,24);1H/t15-,17-;/m0./s1. The highest BCUT2D eigenvalue weighted by atomic mass is 35.5. The van der Waals surface area contributed by atoms with Crippen molar-refractivity contribution in [1.29, 1.82) is 0 Å². The van der Waals surface area contributed by atoms with Gasteiger partial charge in [-0.05, 0) is 56.7 Å². The molecule has 2 fully saturated rings. The molecular formula is C19H31ClN4O. The molecule has 0 unspecified atom stereocenters. The summed E-state index contributed by atoms with van der Waals surface area (Å²) in [6.45, 7) is 8.16. The second-order valence-electron chi connectivity index (χ2n) is 7.49. The minimum atomic E-state index is 0. The highest BCUT2D eigenvalue weighted by Gasteiger charge is 2.24. The van der Waals surface area contributed by atoms with E-state index >= 15 is 0 Å². The van der Waals surface area contributed by atoms with Crippen molar-refractivity contribution in [3.8, 4) is 0 Å². The Hall–Kier alpha value is -1.33. The Morgan fingerprint density at radius 1 is 1.28 bits per heavy atom. The van der Waals surface area contributed by atoms with Crippen molar-refractivity contribution in [3.63, 3.8) is 0 Å². The summed E-state index contributed by atoms with van der Waals surface area (Å²) in [7, 11) is 0. The highest BCUT2D eigenvalue weighted by Crippen LogP contribution is 2.21. The van der Waals surface area contributed by atoms with Crippen molar-refractivity contribution in [3.05, 3.63) is 23.9 Å². The van der Waals surface area contributed by atoms with Crippen molar-refractivity contribution in [2.75, 3.05) is 24.5 Å². The van der Waals surface area contributed by atoms with Crippen molar-refractivity contribution in [2.45, 2.75) is 52.1 Å². The SMILES string of the molecule is CC1CCN(c2ccc(CNC(=O)[C@H]3CCN[C@@H](C)C3)cn2)CC1.Cl. The number of aromatic nitrogens is 1.